The summed E-state index contributed by atoms with van der Waals surface area (Å²) in [6.45, 7) is 14.8. The second-order valence-corrected chi connectivity index (χ2v) is 8.81. The first-order chi connectivity index (χ1) is 14.4. The van der Waals surface area contributed by atoms with E-state index in [0.717, 1.165) is 51.5 Å². The number of rotatable bonds is 9. The number of morpholine rings is 1. The fourth-order valence-electron chi connectivity index (χ4n) is 4.15. The number of ether oxygens (including phenoxy) is 1. The number of nitrogens with zero attached hydrogens (tertiary/aromatic N) is 2. The van der Waals surface area contributed by atoms with Crippen molar-refractivity contribution >= 4 is 5.91 Å². The van der Waals surface area contributed by atoms with Crippen molar-refractivity contribution in [2.45, 2.75) is 60.2 Å². The zero-order valence-electron chi connectivity index (χ0n) is 19.0. The van der Waals surface area contributed by atoms with Crippen molar-refractivity contribution < 1.29 is 14.4 Å². The lowest BCUT2D eigenvalue weighted by Gasteiger charge is -2.24. The molecule has 2 heterocycles. The van der Waals surface area contributed by atoms with Crippen LogP contribution in [0.25, 0.3) is 0 Å². The summed E-state index contributed by atoms with van der Waals surface area (Å²) in [5, 5.41) is 7.79. The van der Waals surface area contributed by atoms with Crippen LogP contribution in [0, 0.1) is 19.8 Å². The standard InChI is InChI=1S/C24H36N4O2/c1-18(2)16-28-20(4)23(19(3)26-28)9-10-24(29)25-15-21-7-5-6-8-22(21)17-27-11-13-30-14-12-27/h5-8,18H,9-17H2,1-4H3,(H,25,29)/p+1. The van der Waals surface area contributed by atoms with Gasteiger partial charge in [0.15, 0.2) is 0 Å². The highest BCUT2D eigenvalue weighted by atomic mass is 16.5. The van der Waals surface area contributed by atoms with E-state index in [1.807, 2.05) is 6.92 Å². The first-order valence-corrected chi connectivity index (χ1v) is 11.2. The van der Waals surface area contributed by atoms with Crippen molar-refractivity contribution in [1.29, 1.82) is 0 Å². The fraction of sp³-hybridized carbons (Fsp3) is 0.583. The lowest BCUT2D eigenvalue weighted by atomic mass is 10.1. The third-order valence-corrected chi connectivity index (χ3v) is 5.91. The van der Waals surface area contributed by atoms with E-state index >= 15 is 0 Å². The minimum absolute atomic E-state index is 0.0962. The van der Waals surface area contributed by atoms with Crippen molar-refractivity contribution in [3.05, 3.63) is 52.3 Å². The molecule has 164 valence electrons. The number of amides is 1. The van der Waals surface area contributed by atoms with Crippen LogP contribution < -0.4 is 10.2 Å². The van der Waals surface area contributed by atoms with Crippen molar-refractivity contribution in [2.75, 3.05) is 26.3 Å². The lowest BCUT2D eigenvalue weighted by Crippen LogP contribution is -3.12. The SMILES string of the molecule is Cc1nn(CC(C)C)c(C)c1CCC(=O)NCc1ccccc1C[NH+]1CCOCC1. The molecule has 3 rings (SSSR count). The number of carbonyl (C=O) groups is 1. The van der Waals surface area contributed by atoms with E-state index in [0.29, 0.717) is 18.9 Å². The van der Waals surface area contributed by atoms with Gasteiger partial charge in [-0.15, -0.1) is 0 Å². The highest BCUT2D eigenvalue weighted by Crippen LogP contribution is 2.16. The second-order valence-electron chi connectivity index (χ2n) is 8.81. The quantitative estimate of drug-likeness (QED) is 0.659. The number of carbonyl (C=O) groups excluding carboxylic acids is 1. The maximum atomic E-state index is 12.5. The number of benzene rings is 1. The zero-order chi connectivity index (χ0) is 21.5. The third kappa shape index (κ3) is 6.16. The molecule has 1 saturated heterocycles. The summed E-state index contributed by atoms with van der Waals surface area (Å²) in [6, 6.07) is 8.44. The number of nitrogens with one attached hydrogen (secondary N) is 2. The number of aromatic nitrogens is 2. The summed E-state index contributed by atoms with van der Waals surface area (Å²) in [5.74, 6) is 0.650. The molecule has 0 unspecified atom stereocenters. The van der Waals surface area contributed by atoms with Gasteiger partial charge in [-0.2, -0.15) is 5.10 Å². The van der Waals surface area contributed by atoms with Crippen molar-refractivity contribution in [2.24, 2.45) is 5.92 Å². The van der Waals surface area contributed by atoms with Gasteiger partial charge >= 0.3 is 0 Å². The first kappa shape index (κ1) is 22.5. The van der Waals surface area contributed by atoms with Crippen LogP contribution in [-0.4, -0.2) is 42.0 Å². The molecule has 30 heavy (non-hydrogen) atoms. The molecule has 0 aliphatic carbocycles. The lowest BCUT2D eigenvalue weighted by molar-refractivity contribution is -0.921. The predicted octanol–water partition coefficient (Wildman–Crippen LogP) is 1.82. The minimum atomic E-state index is 0.0962. The number of hydrogen-bond acceptors (Lipinski definition) is 3. The highest BCUT2D eigenvalue weighted by molar-refractivity contribution is 5.76. The zero-order valence-corrected chi connectivity index (χ0v) is 19.0. The Morgan fingerprint density at radius 3 is 2.60 bits per heavy atom. The summed E-state index contributed by atoms with van der Waals surface area (Å²) < 4.78 is 7.54. The van der Waals surface area contributed by atoms with E-state index in [2.05, 4.69) is 60.1 Å². The molecule has 0 bridgehead atoms. The van der Waals surface area contributed by atoms with E-state index in [9.17, 15) is 4.79 Å². The molecule has 0 radical (unpaired) electrons. The van der Waals surface area contributed by atoms with Crippen LogP contribution in [0.2, 0.25) is 0 Å². The maximum Gasteiger partial charge on any atom is 0.220 e. The Kier molecular flexibility index (Phi) is 8.05. The van der Waals surface area contributed by atoms with Gasteiger partial charge < -0.3 is 15.0 Å². The minimum Gasteiger partial charge on any atom is -0.370 e. The van der Waals surface area contributed by atoms with Gasteiger partial charge in [0.2, 0.25) is 5.91 Å². The van der Waals surface area contributed by atoms with Crippen LogP contribution in [0.3, 0.4) is 0 Å². The smallest absolute Gasteiger partial charge is 0.220 e. The average Bonchev–Trinajstić information content (AvgIpc) is 2.98. The van der Waals surface area contributed by atoms with E-state index in [1.165, 1.54) is 22.4 Å². The summed E-state index contributed by atoms with van der Waals surface area (Å²) in [7, 11) is 0. The van der Waals surface area contributed by atoms with Crippen LogP contribution in [0.1, 0.15) is 48.3 Å². The molecule has 6 heteroatoms. The summed E-state index contributed by atoms with van der Waals surface area (Å²) in [6.07, 6.45) is 1.23. The van der Waals surface area contributed by atoms with Crippen molar-refractivity contribution in [3.8, 4) is 0 Å². The molecular formula is C24H37N4O2+. The average molecular weight is 414 g/mol. The molecule has 2 aromatic rings. The Morgan fingerprint density at radius 1 is 1.20 bits per heavy atom. The molecule has 1 aliphatic heterocycles. The summed E-state index contributed by atoms with van der Waals surface area (Å²) in [4.78, 5) is 14.1. The third-order valence-electron chi connectivity index (χ3n) is 5.91. The van der Waals surface area contributed by atoms with Crippen LogP contribution in [0.5, 0.6) is 0 Å². The Labute approximate surface area is 180 Å². The van der Waals surface area contributed by atoms with Crippen LogP contribution >= 0.6 is 0 Å². The van der Waals surface area contributed by atoms with E-state index < -0.39 is 0 Å². The molecule has 1 fully saturated rings. The number of quaternary nitrogens is 1. The van der Waals surface area contributed by atoms with Gasteiger partial charge in [0, 0.05) is 30.8 Å². The molecule has 6 nitrogen and oxygen atoms in total. The molecule has 1 aromatic heterocycles. The molecular weight excluding hydrogens is 376 g/mol. The first-order valence-electron chi connectivity index (χ1n) is 11.2. The Morgan fingerprint density at radius 2 is 1.90 bits per heavy atom. The molecule has 1 amide bonds. The van der Waals surface area contributed by atoms with Gasteiger partial charge in [-0.25, -0.2) is 0 Å². The van der Waals surface area contributed by atoms with Crippen molar-refractivity contribution in [1.82, 2.24) is 15.1 Å². The predicted molar refractivity (Wildman–Crippen MR) is 118 cm³/mol. The molecule has 0 saturated carbocycles. The van der Waals surface area contributed by atoms with Gasteiger partial charge in [0.1, 0.15) is 19.6 Å². The highest BCUT2D eigenvalue weighted by Gasteiger charge is 2.17. The van der Waals surface area contributed by atoms with E-state index in [-0.39, 0.29) is 5.91 Å². The van der Waals surface area contributed by atoms with Gasteiger partial charge in [0.25, 0.3) is 0 Å². The van der Waals surface area contributed by atoms with Crippen LogP contribution in [0.15, 0.2) is 24.3 Å². The Balaban J connectivity index is 1.52. The van der Waals surface area contributed by atoms with Gasteiger partial charge in [-0.1, -0.05) is 38.1 Å². The van der Waals surface area contributed by atoms with Gasteiger partial charge in [-0.05, 0) is 37.3 Å². The Bertz CT molecular complexity index is 838. The number of hydrogen-bond donors (Lipinski definition) is 2. The maximum absolute atomic E-state index is 12.5. The molecule has 0 atom stereocenters. The normalized spacial score (nSPS) is 15.0. The van der Waals surface area contributed by atoms with Crippen LogP contribution in [0.4, 0.5) is 0 Å². The molecule has 1 aromatic carbocycles. The largest absolute Gasteiger partial charge is 0.370 e. The van der Waals surface area contributed by atoms with Crippen molar-refractivity contribution in [3.63, 3.8) is 0 Å². The number of aryl methyl sites for hydroxylation is 1. The van der Waals surface area contributed by atoms with Gasteiger partial charge in [-0.3, -0.25) is 9.48 Å². The van der Waals surface area contributed by atoms with Gasteiger partial charge in [0.05, 0.1) is 18.9 Å². The second kappa shape index (κ2) is 10.7. The van der Waals surface area contributed by atoms with E-state index in [1.54, 1.807) is 4.90 Å². The fourth-order valence-corrected chi connectivity index (χ4v) is 4.15. The monoisotopic (exact) mass is 413 g/mol. The Hall–Kier alpha value is -2.18. The molecule has 1 aliphatic rings. The molecule has 2 N–H and O–H groups in total. The summed E-state index contributed by atoms with van der Waals surface area (Å²) >= 11 is 0. The molecule has 0 spiro atoms. The van der Waals surface area contributed by atoms with Crippen LogP contribution in [-0.2, 0) is 35.6 Å². The summed E-state index contributed by atoms with van der Waals surface area (Å²) in [5.41, 5.74) is 5.97. The topological polar surface area (TPSA) is 60.6 Å². The van der Waals surface area contributed by atoms with E-state index in [4.69, 9.17) is 4.74 Å².